The summed E-state index contributed by atoms with van der Waals surface area (Å²) in [6.45, 7) is 4.20. The summed E-state index contributed by atoms with van der Waals surface area (Å²) in [5.74, 6) is 0.757. The molecule has 256 valence electrons. The maximum Gasteiger partial charge on any atom is 0.340 e. The van der Waals surface area contributed by atoms with Crippen molar-refractivity contribution in [3.8, 4) is 16.9 Å². The molecule has 0 amide bonds. The van der Waals surface area contributed by atoms with Crippen LogP contribution >= 0.6 is 0 Å². The molecule has 9 rings (SSSR count). The largest absolute Gasteiger partial charge is 0.508 e. The monoisotopic (exact) mass is 668 g/mol. The molecule has 50 heavy (non-hydrogen) atoms. The van der Waals surface area contributed by atoms with Crippen LogP contribution in [0.5, 0.6) is 5.75 Å². The molecular formula is C44H44O6. The molecule has 3 aromatic rings. The summed E-state index contributed by atoms with van der Waals surface area (Å²) in [4.78, 5) is 28.5. The number of phenols is 1. The highest BCUT2D eigenvalue weighted by atomic mass is 16.5. The summed E-state index contributed by atoms with van der Waals surface area (Å²) in [5, 5.41) is 20.6. The highest BCUT2D eigenvalue weighted by Gasteiger charge is 2.68. The molecule has 6 atom stereocenters. The lowest BCUT2D eigenvalue weighted by Gasteiger charge is -2.56. The highest BCUT2D eigenvalue weighted by molar-refractivity contribution is 6.07. The van der Waals surface area contributed by atoms with Crippen molar-refractivity contribution in [2.75, 3.05) is 6.61 Å². The minimum Gasteiger partial charge on any atom is -0.508 e. The van der Waals surface area contributed by atoms with E-state index in [1.807, 2.05) is 49.4 Å². The Bertz CT molecular complexity index is 1970. The predicted molar refractivity (Wildman–Crippen MR) is 192 cm³/mol. The molecule has 2 N–H and O–H groups in total. The van der Waals surface area contributed by atoms with E-state index in [2.05, 4.69) is 49.4 Å². The summed E-state index contributed by atoms with van der Waals surface area (Å²) in [6, 6.07) is 26.0. The molecule has 1 spiro atoms. The van der Waals surface area contributed by atoms with Crippen molar-refractivity contribution in [1.29, 1.82) is 0 Å². The zero-order chi connectivity index (χ0) is 34.6. The fraction of sp³-hybridized carbons (Fsp3) is 0.364. The van der Waals surface area contributed by atoms with E-state index >= 15 is 0 Å². The van der Waals surface area contributed by atoms with Gasteiger partial charge < -0.3 is 19.7 Å². The smallest absolute Gasteiger partial charge is 0.340 e. The lowest BCUT2D eigenvalue weighted by molar-refractivity contribution is -0.135. The zero-order valence-corrected chi connectivity index (χ0v) is 28.7. The van der Waals surface area contributed by atoms with Gasteiger partial charge in [0.2, 0.25) is 0 Å². The van der Waals surface area contributed by atoms with Crippen LogP contribution in [0.2, 0.25) is 0 Å². The van der Waals surface area contributed by atoms with Gasteiger partial charge in [-0.1, -0.05) is 80.6 Å². The molecule has 3 aromatic carbocycles. The molecule has 2 heterocycles. The van der Waals surface area contributed by atoms with Crippen LogP contribution in [0.25, 0.3) is 16.7 Å². The van der Waals surface area contributed by atoms with Crippen molar-refractivity contribution in [3.63, 3.8) is 0 Å². The second-order valence-corrected chi connectivity index (χ2v) is 14.8. The molecule has 6 unspecified atom stereocenters. The number of esters is 2. The standard InChI is InChI=1S/C44H44O6/c1-3-27(22-28-10-6-4-7-11-28)23-37-44-21-20-32(33-17-18-34-36(19-14-26(2)25-45)49-42(47)39(34)40(33)44)38(41(44)43(48)50-37)35-24-30(46)15-16-31(35)29-12-8-5-9-13-29/h4-13,15-16,19,23-24,26-27,32-33,40,45-46H,3,14,17-18,20-22,25H2,1-2H3. The number of aliphatic hydroxyl groups excluding tert-OH is 1. The Hall–Kier alpha value is -4.68. The minimum atomic E-state index is -0.830. The van der Waals surface area contributed by atoms with Crippen LogP contribution < -0.4 is 0 Å². The van der Waals surface area contributed by atoms with Gasteiger partial charge in [-0.05, 0) is 121 Å². The van der Waals surface area contributed by atoms with E-state index in [-0.39, 0.29) is 53.9 Å². The van der Waals surface area contributed by atoms with Gasteiger partial charge >= 0.3 is 11.9 Å². The number of aromatic hydroxyl groups is 1. The first kappa shape index (κ1) is 32.5. The third kappa shape index (κ3) is 5.19. The van der Waals surface area contributed by atoms with E-state index < -0.39 is 5.41 Å². The average molecular weight is 669 g/mol. The third-order valence-electron chi connectivity index (χ3n) is 12.0. The van der Waals surface area contributed by atoms with Crippen LogP contribution in [0.1, 0.15) is 63.5 Å². The molecule has 1 saturated carbocycles. The second kappa shape index (κ2) is 12.9. The molecule has 2 aliphatic heterocycles. The molecule has 0 aromatic heterocycles. The predicted octanol–water partition coefficient (Wildman–Crippen LogP) is 8.71. The number of hydrogen-bond acceptors (Lipinski definition) is 6. The van der Waals surface area contributed by atoms with Crippen LogP contribution in [0.4, 0.5) is 0 Å². The molecule has 6 heteroatoms. The molecule has 6 nitrogen and oxygen atoms in total. The van der Waals surface area contributed by atoms with Gasteiger partial charge in [0.15, 0.2) is 0 Å². The van der Waals surface area contributed by atoms with E-state index in [1.54, 1.807) is 6.07 Å². The lowest BCUT2D eigenvalue weighted by Crippen LogP contribution is -2.52. The third-order valence-corrected chi connectivity index (χ3v) is 12.0. The number of benzene rings is 3. The summed E-state index contributed by atoms with van der Waals surface area (Å²) in [7, 11) is 0. The van der Waals surface area contributed by atoms with Gasteiger partial charge in [0, 0.05) is 23.7 Å². The number of ether oxygens (including phenoxy) is 2. The Morgan fingerprint density at radius 1 is 0.920 bits per heavy atom. The number of rotatable bonds is 9. The quantitative estimate of drug-likeness (QED) is 0.222. The van der Waals surface area contributed by atoms with Gasteiger partial charge in [-0.2, -0.15) is 0 Å². The fourth-order valence-electron chi connectivity index (χ4n) is 9.67. The van der Waals surface area contributed by atoms with Crippen LogP contribution in [-0.2, 0) is 25.5 Å². The molecule has 1 saturated heterocycles. The first-order valence-electron chi connectivity index (χ1n) is 18.2. The van der Waals surface area contributed by atoms with Crippen molar-refractivity contribution in [3.05, 3.63) is 130 Å². The van der Waals surface area contributed by atoms with E-state index in [0.717, 1.165) is 53.5 Å². The molecule has 6 aliphatic rings. The number of phenolic OH excluding ortho intramolecular Hbond substituents is 1. The molecule has 4 aliphatic carbocycles. The number of fused-ring (bicyclic) bond motifs is 1. The zero-order valence-electron chi connectivity index (χ0n) is 28.7. The Labute approximate surface area is 293 Å². The first-order chi connectivity index (χ1) is 24.3. The molecule has 0 radical (unpaired) electrons. The normalized spacial score (nSPS) is 28.0. The summed E-state index contributed by atoms with van der Waals surface area (Å²) >= 11 is 0. The molecule has 2 bridgehead atoms. The van der Waals surface area contributed by atoms with Crippen molar-refractivity contribution in [2.24, 2.45) is 35.0 Å². The second-order valence-electron chi connectivity index (χ2n) is 14.8. The summed E-state index contributed by atoms with van der Waals surface area (Å²) in [6.07, 6.45) is 9.54. The average Bonchev–Trinajstić information content (AvgIpc) is 3.63. The van der Waals surface area contributed by atoms with Gasteiger partial charge in [-0.15, -0.1) is 0 Å². The topological polar surface area (TPSA) is 93.1 Å². The Morgan fingerprint density at radius 3 is 2.42 bits per heavy atom. The summed E-state index contributed by atoms with van der Waals surface area (Å²) in [5.41, 5.74) is 6.48. The Balaban J connectivity index is 1.35. The van der Waals surface area contributed by atoms with E-state index in [0.29, 0.717) is 41.9 Å². The van der Waals surface area contributed by atoms with Crippen molar-refractivity contribution in [1.82, 2.24) is 0 Å². The number of carbonyl (C=O) groups excluding carboxylic acids is 2. The van der Waals surface area contributed by atoms with Crippen molar-refractivity contribution >= 4 is 17.5 Å². The van der Waals surface area contributed by atoms with Crippen LogP contribution in [0.3, 0.4) is 0 Å². The van der Waals surface area contributed by atoms with Gasteiger partial charge in [-0.3, -0.25) is 0 Å². The van der Waals surface area contributed by atoms with Crippen LogP contribution in [-0.4, -0.2) is 28.8 Å². The number of carbonyl (C=O) groups is 2. The number of allylic oxidation sites excluding steroid dienone is 5. The van der Waals surface area contributed by atoms with Crippen molar-refractivity contribution < 1.29 is 29.3 Å². The van der Waals surface area contributed by atoms with Gasteiger partial charge in [0.1, 0.15) is 17.3 Å². The number of hydrogen-bond donors (Lipinski definition) is 2. The summed E-state index contributed by atoms with van der Waals surface area (Å²) < 4.78 is 12.5. The fourth-order valence-corrected chi connectivity index (χ4v) is 9.67. The Morgan fingerprint density at radius 2 is 1.68 bits per heavy atom. The van der Waals surface area contributed by atoms with Crippen molar-refractivity contribution in [2.45, 2.75) is 58.8 Å². The number of cyclic esters (lactones) is 2. The van der Waals surface area contributed by atoms with Crippen LogP contribution in [0.15, 0.2) is 119 Å². The van der Waals surface area contributed by atoms with Crippen LogP contribution in [0, 0.1) is 35.0 Å². The number of aliphatic hydroxyl groups is 1. The highest BCUT2D eigenvalue weighted by Crippen LogP contribution is 2.72. The maximum atomic E-state index is 14.5. The van der Waals surface area contributed by atoms with E-state index in [1.165, 1.54) is 5.56 Å². The lowest BCUT2D eigenvalue weighted by atomic mass is 9.44. The molecular weight excluding hydrogens is 624 g/mol. The van der Waals surface area contributed by atoms with Gasteiger partial charge in [0.05, 0.1) is 11.0 Å². The SMILES string of the molecule is CCC(C=C1OC(=O)C2=C(c3cc(O)ccc3-c3ccccc3)C3CCC12C1C2=C(CCC31)C(=CCC(C)CO)OC2=O)Cc1ccccc1. The molecule has 2 fully saturated rings. The Kier molecular flexibility index (Phi) is 8.39. The van der Waals surface area contributed by atoms with Gasteiger partial charge in [0.25, 0.3) is 0 Å². The minimum absolute atomic E-state index is 0.00335. The van der Waals surface area contributed by atoms with E-state index in [9.17, 15) is 19.8 Å². The first-order valence-corrected chi connectivity index (χ1v) is 18.2. The van der Waals surface area contributed by atoms with E-state index in [4.69, 9.17) is 9.47 Å². The maximum absolute atomic E-state index is 14.5. The van der Waals surface area contributed by atoms with Gasteiger partial charge in [-0.25, -0.2) is 9.59 Å².